The van der Waals surface area contributed by atoms with E-state index in [-0.39, 0.29) is 29.8 Å². The van der Waals surface area contributed by atoms with Crippen LogP contribution in [0.5, 0.6) is 0 Å². The number of carbonyl (C=O) groups excluding carboxylic acids is 1. The Morgan fingerprint density at radius 1 is 1.31 bits per heavy atom. The van der Waals surface area contributed by atoms with Crippen LogP contribution < -0.4 is 5.73 Å². The molecule has 4 rings (SSSR count). The summed E-state index contributed by atoms with van der Waals surface area (Å²) in [6, 6.07) is 0. The Kier molecular flexibility index (Phi) is 4.49. The highest BCUT2D eigenvalue weighted by atomic mass is 19.4. The van der Waals surface area contributed by atoms with E-state index in [9.17, 15) is 18.0 Å². The van der Waals surface area contributed by atoms with Gasteiger partial charge in [0.2, 0.25) is 0 Å². The molecule has 0 aromatic rings. The molecule has 0 unspecified atom stereocenters. The van der Waals surface area contributed by atoms with Crippen molar-refractivity contribution < 1.29 is 32.0 Å². The fraction of sp³-hybridized carbons (Fsp3) is 0.941. The van der Waals surface area contributed by atoms with Gasteiger partial charge in [-0.2, -0.15) is 13.2 Å². The van der Waals surface area contributed by atoms with Crippen LogP contribution in [0.1, 0.15) is 53.9 Å². The van der Waals surface area contributed by atoms with Gasteiger partial charge in [0.05, 0.1) is 11.7 Å². The van der Waals surface area contributed by atoms with Crippen molar-refractivity contribution in [3.8, 4) is 0 Å². The third kappa shape index (κ3) is 2.96. The largest absolute Gasteiger partial charge is 0.521 e. The first kappa shape index (κ1) is 20.0. The van der Waals surface area contributed by atoms with Crippen molar-refractivity contribution in [2.75, 3.05) is 0 Å². The van der Waals surface area contributed by atoms with E-state index in [4.69, 9.17) is 19.8 Å². The highest BCUT2D eigenvalue weighted by Crippen LogP contribution is 2.66. The van der Waals surface area contributed by atoms with Gasteiger partial charge in [0, 0.05) is 6.42 Å². The molecule has 3 aliphatic carbocycles. The van der Waals surface area contributed by atoms with Gasteiger partial charge in [0.1, 0.15) is 0 Å². The zero-order valence-electron chi connectivity index (χ0n) is 15.9. The molecule has 0 aromatic heterocycles. The van der Waals surface area contributed by atoms with Crippen molar-refractivity contribution in [2.45, 2.75) is 77.4 Å². The second-order valence-corrected chi connectivity index (χ2v) is 9.24. The van der Waals surface area contributed by atoms with Gasteiger partial charge in [-0.3, -0.25) is 5.73 Å². The molecule has 9 heteroatoms. The summed E-state index contributed by atoms with van der Waals surface area (Å²) in [5, 5.41) is 0. The van der Waals surface area contributed by atoms with Crippen LogP contribution in [0.15, 0.2) is 0 Å². The number of alkyl halides is 3. The monoisotopic (exact) mass is 377 g/mol. The van der Waals surface area contributed by atoms with E-state index in [2.05, 4.69) is 13.8 Å². The fourth-order valence-electron chi connectivity index (χ4n) is 5.13. The molecule has 5 nitrogen and oxygen atoms in total. The van der Waals surface area contributed by atoms with E-state index in [1.807, 2.05) is 6.92 Å². The summed E-state index contributed by atoms with van der Waals surface area (Å²) in [7, 11) is -1.22. The molecule has 4 fully saturated rings. The molecule has 148 valence electrons. The molecular formula is C17H27BF3NO4. The molecule has 1 saturated heterocycles. The number of ether oxygens (including phenoxy) is 1. The van der Waals surface area contributed by atoms with Crippen LogP contribution in [0.2, 0.25) is 0 Å². The van der Waals surface area contributed by atoms with Crippen LogP contribution in [0, 0.1) is 23.2 Å². The smallest absolute Gasteiger partial charge is 0.439 e. The lowest BCUT2D eigenvalue weighted by atomic mass is 9.43. The summed E-state index contributed by atoms with van der Waals surface area (Å²) in [5.74, 6) is -1.72. The van der Waals surface area contributed by atoms with Crippen LogP contribution in [-0.2, 0) is 18.8 Å². The summed E-state index contributed by atoms with van der Waals surface area (Å²) in [6.45, 7) is 9.86. The van der Waals surface area contributed by atoms with E-state index < -0.39 is 30.5 Å². The SMILES string of the molecule is CC(C)C[C@](N)(OC(=O)C(F)(F)F)B1O[C@@H]2C[C@@H]3C[C@@H](C3(C)C)[C@]2(C)O1. The zero-order valence-corrected chi connectivity index (χ0v) is 15.9. The third-order valence-corrected chi connectivity index (χ3v) is 6.59. The Labute approximate surface area is 152 Å². The maximum atomic E-state index is 12.7. The number of halogens is 3. The third-order valence-electron chi connectivity index (χ3n) is 6.59. The molecule has 3 saturated carbocycles. The second kappa shape index (κ2) is 5.85. The van der Waals surface area contributed by atoms with Gasteiger partial charge in [-0.05, 0) is 42.9 Å². The number of rotatable bonds is 4. The first-order valence-corrected chi connectivity index (χ1v) is 9.12. The van der Waals surface area contributed by atoms with Crippen LogP contribution in [0.3, 0.4) is 0 Å². The van der Waals surface area contributed by atoms with Crippen LogP contribution in [0.4, 0.5) is 13.2 Å². The minimum Gasteiger partial charge on any atom is -0.439 e. The van der Waals surface area contributed by atoms with Gasteiger partial charge < -0.3 is 14.0 Å². The lowest BCUT2D eigenvalue weighted by Gasteiger charge is -2.64. The average Bonchev–Trinajstić information content (AvgIpc) is 2.82. The molecule has 1 aliphatic heterocycles. The van der Waals surface area contributed by atoms with Crippen molar-refractivity contribution in [2.24, 2.45) is 28.9 Å². The molecule has 1 heterocycles. The first-order valence-electron chi connectivity index (χ1n) is 9.12. The average molecular weight is 377 g/mol. The normalized spacial score (nSPS) is 37.8. The van der Waals surface area contributed by atoms with Gasteiger partial charge in [0.25, 0.3) is 0 Å². The van der Waals surface area contributed by atoms with Crippen LogP contribution in [-0.4, -0.2) is 36.6 Å². The van der Waals surface area contributed by atoms with Crippen molar-refractivity contribution in [3.05, 3.63) is 0 Å². The summed E-state index contributed by atoms with van der Waals surface area (Å²) < 4.78 is 55.0. The lowest BCUT2D eigenvalue weighted by Crippen LogP contribution is -2.65. The topological polar surface area (TPSA) is 70.8 Å². The lowest BCUT2D eigenvalue weighted by molar-refractivity contribution is -0.211. The van der Waals surface area contributed by atoms with Gasteiger partial charge >= 0.3 is 19.3 Å². The number of carbonyl (C=O) groups is 1. The molecule has 0 radical (unpaired) electrons. The summed E-state index contributed by atoms with van der Waals surface area (Å²) in [4.78, 5) is 11.5. The van der Waals surface area contributed by atoms with Crippen LogP contribution >= 0.6 is 0 Å². The molecular weight excluding hydrogens is 350 g/mol. The minimum absolute atomic E-state index is 0.000223. The Morgan fingerprint density at radius 3 is 2.42 bits per heavy atom. The number of hydrogen-bond acceptors (Lipinski definition) is 5. The predicted octanol–water partition coefficient (Wildman–Crippen LogP) is 3.06. The number of esters is 1. The van der Waals surface area contributed by atoms with Crippen molar-refractivity contribution in [1.29, 1.82) is 0 Å². The molecule has 5 atom stereocenters. The van der Waals surface area contributed by atoms with Gasteiger partial charge in [0.15, 0.2) is 5.62 Å². The second-order valence-electron chi connectivity index (χ2n) is 9.24. The van der Waals surface area contributed by atoms with E-state index in [0.717, 1.165) is 12.8 Å². The standard InChI is InChI=1S/C17H27BF3NO4/c1-9(2)8-16(22,24-13(23)17(19,20)21)18-25-12-7-10-6-11(14(10,3)4)15(12,5)26-18/h9-12H,6-8,22H2,1-5H3/t10-,11-,12+,15-,16-/m0/s1. The molecule has 2 bridgehead atoms. The quantitative estimate of drug-likeness (QED) is 0.463. The summed E-state index contributed by atoms with van der Waals surface area (Å²) in [6.07, 6.45) is -3.62. The molecule has 2 N–H and O–H groups in total. The van der Waals surface area contributed by atoms with E-state index in [1.54, 1.807) is 13.8 Å². The van der Waals surface area contributed by atoms with E-state index in [0.29, 0.717) is 5.92 Å². The molecule has 0 spiro atoms. The predicted molar refractivity (Wildman–Crippen MR) is 88.6 cm³/mol. The highest BCUT2D eigenvalue weighted by Gasteiger charge is 2.70. The van der Waals surface area contributed by atoms with Gasteiger partial charge in [-0.15, -0.1) is 0 Å². The fourth-order valence-corrected chi connectivity index (χ4v) is 5.13. The Bertz CT molecular complexity index is 599. The van der Waals surface area contributed by atoms with E-state index >= 15 is 0 Å². The molecule has 0 amide bonds. The molecule has 26 heavy (non-hydrogen) atoms. The minimum atomic E-state index is -5.12. The maximum absolute atomic E-state index is 12.7. The first-order chi connectivity index (χ1) is 11.7. The summed E-state index contributed by atoms with van der Waals surface area (Å²) >= 11 is 0. The van der Waals surface area contributed by atoms with Crippen molar-refractivity contribution >= 4 is 13.1 Å². The van der Waals surface area contributed by atoms with Crippen molar-refractivity contribution in [1.82, 2.24) is 0 Å². The highest BCUT2D eigenvalue weighted by molar-refractivity contribution is 6.49. The zero-order chi connectivity index (χ0) is 19.7. The summed E-state index contributed by atoms with van der Waals surface area (Å²) in [5.41, 5.74) is 3.60. The van der Waals surface area contributed by atoms with Crippen LogP contribution in [0.25, 0.3) is 0 Å². The maximum Gasteiger partial charge on any atom is 0.521 e. The van der Waals surface area contributed by atoms with Gasteiger partial charge in [-0.25, -0.2) is 4.79 Å². The van der Waals surface area contributed by atoms with E-state index in [1.165, 1.54) is 0 Å². The number of hydrogen-bond donors (Lipinski definition) is 1. The Morgan fingerprint density at radius 2 is 1.92 bits per heavy atom. The molecule has 0 aromatic carbocycles. The Hall–Kier alpha value is -0.795. The van der Waals surface area contributed by atoms with Crippen molar-refractivity contribution in [3.63, 3.8) is 0 Å². The van der Waals surface area contributed by atoms with Gasteiger partial charge in [-0.1, -0.05) is 27.7 Å². The molecule has 4 aliphatic rings. The number of nitrogens with two attached hydrogens (primary N) is 1. The Balaban J connectivity index is 1.84.